The number of carbonyl (C=O) groups is 1. The molecule has 1 rings (SSSR count). The van der Waals surface area contributed by atoms with Gasteiger partial charge in [-0.1, -0.05) is 19.9 Å². The van der Waals surface area contributed by atoms with Gasteiger partial charge in [0.2, 0.25) is 15.9 Å². The van der Waals surface area contributed by atoms with Gasteiger partial charge in [0.05, 0.1) is 7.11 Å². The van der Waals surface area contributed by atoms with Crippen LogP contribution in [0.15, 0.2) is 23.1 Å². The lowest BCUT2D eigenvalue weighted by molar-refractivity contribution is -0.123. The number of ether oxygens (including phenoxy) is 1. The predicted octanol–water partition coefficient (Wildman–Crippen LogP) is 1.05. The first-order valence-electron chi connectivity index (χ1n) is 6.61. The van der Waals surface area contributed by atoms with Gasteiger partial charge < -0.3 is 10.1 Å². The summed E-state index contributed by atoms with van der Waals surface area (Å²) in [6, 6.07) is 4.03. The Bertz CT molecular complexity index is 611. The van der Waals surface area contributed by atoms with Gasteiger partial charge in [0, 0.05) is 7.05 Å². The minimum absolute atomic E-state index is 0.0274. The van der Waals surface area contributed by atoms with E-state index in [-0.39, 0.29) is 22.5 Å². The summed E-state index contributed by atoms with van der Waals surface area (Å²) in [7, 11) is -0.984. The highest BCUT2D eigenvalue weighted by Gasteiger charge is 2.29. The Labute approximate surface area is 125 Å². The van der Waals surface area contributed by atoms with E-state index in [1.807, 2.05) is 0 Å². The van der Waals surface area contributed by atoms with E-state index in [4.69, 9.17) is 4.74 Å². The SMILES string of the molecule is CNC(=O)[C@@H](NS(=O)(=O)c1cc(C)ccc1OC)C(C)C. The maximum absolute atomic E-state index is 12.5. The van der Waals surface area contributed by atoms with Gasteiger partial charge in [-0.05, 0) is 30.5 Å². The van der Waals surface area contributed by atoms with Gasteiger partial charge in [0.1, 0.15) is 16.7 Å². The summed E-state index contributed by atoms with van der Waals surface area (Å²) in [5, 5.41) is 2.46. The average Bonchev–Trinajstić information content (AvgIpc) is 2.43. The van der Waals surface area contributed by atoms with E-state index in [1.54, 1.807) is 32.9 Å². The van der Waals surface area contributed by atoms with Crippen molar-refractivity contribution < 1.29 is 17.9 Å². The molecule has 0 saturated carbocycles. The largest absolute Gasteiger partial charge is 0.495 e. The summed E-state index contributed by atoms with van der Waals surface area (Å²) in [4.78, 5) is 11.8. The number of nitrogens with one attached hydrogen (secondary N) is 2. The second-order valence-electron chi connectivity index (χ2n) is 5.11. The third kappa shape index (κ3) is 4.18. The number of aryl methyl sites for hydroxylation is 1. The first kappa shape index (κ1) is 17.5. The van der Waals surface area contributed by atoms with Crippen LogP contribution in [0.25, 0.3) is 0 Å². The van der Waals surface area contributed by atoms with E-state index in [0.29, 0.717) is 0 Å². The fraction of sp³-hybridized carbons (Fsp3) is 0.500. The molecule has 2 N–H and O–H groups in total. The Morgan fingerprint density at radius 3 is 2.38 bits per heavy atom. The van der Waals surface area contributed by atoms with Crippen molar-refractivity contribution in [3.8, 4) is 5.75 Å². The van der Waals surface area contributed by atoms with E-state index in [9.17, 15) is 13.2 Å². The maximum Gasteiger partial charge on any atom is 0.244 e. The van der Waals surface area contributed by atoms with Gasteiger partial charge in [-0.2, -0.15) is 4.72 Å². The molecule has 0 heterocycles. The standard InChI is InChI=1S/C14H22N2O4S/c1-9(2)13(14(17)15-4)16-21(18,19)12-8-10(3)6-7-11(12)20-5/h6-9,13,16H,1-5H3,(H,15,17)/t13-/m0/s1. The number of amides is 1. The number of methoxy groups -OCH3 is 1. The summed E-state index contributed by atoms with van der Waals surface area (Å²) in [6.07, 6.45) is 0. The van der Waals surface area contributed by atoms with Gasteiger partial charge in [-0.25, -0.2) is 8.42 Å². The van der Waals surface area contributed by atoms with Crippen molar-refractivity contribution in [1.29, 1.82) is 0 Å². The summed E-state index contributed by atoms with van der Waals surface area (Å²) in [6.45, 7) is 5.34. The molecule has 7 heteroatoms. The van der Waals surface area contributed by atoms with Crippen molar-refractivity contribution in [2.45, 2.75) is 31.7 Å². The second kappa shape index (κ2) is 6.91. The highest BCUT2D eigenvalue weighted by Crippen LogP contribution is 2.25. The molecule has 0 unspecified atom stereocenters. The minimum atomic E-state index is -3.86. The molecule has 0 radical (unpaired) electrons. The third-order valence-electron chi connectivity index (χ3n) is 3.09. The Balaban J connectivity index is 3.22. The van der Waals surface area contributed by atoms with Gasteiger partial charge in [0.25, 0.3) is 0 Å². The van der Waals surface area contributed by atoms with Crippen LogP contribution in [0.2, 0.25) is 0 Å². The number of rotatable bonds is 6. The van der Waals surface area contributed by atoms with E-state index in [0.717, 1.165) is 5.56 Å². The lowest BCUT2D eigenvalue weighted by atomic mass is 10.1. The van der Waals surface area contributed by atoms with Gasteiger partial charge in [-0.3, -0.25) is 4.79 Å². The predicted molar refractivity (Wildman–Crippen MR) is 80.7 cm³/mol. The lowest BCUT2D eigenvalue weighted by Gasteiger charge is -2.21. The van der Waals surface area contributed by atoms with Crippen molar-refractivity contribution in [3.05, 3.63) is 23.8 Å². The number of hydrogen-bond acceptors (Lipinski definition) is 4. The molecule has 0 fully saturated rings. The van der Waals surface area contributed by atoms with Crippen LogP contribution < -0.4 is 14.8 Å². The van der Waals surface area contributed by atoms with Crippen LogP contribution >= 0.6 is 0 Å². The molecule has 0 aliphatic carbocycles. The Morgan fingerprint density at radius 1 is 1.29 bits per heavy atom. The first-order chi connectivity index (χ1) is 9.72. The number of carbonyl (C=O) groups excluding carboxylic acids is 1. The van der Waals surface area contributed by atoms with Crippen molar-refractivity contribution in [2.75, 3.05) is 14.2 Å². The molecule has 1 atom stereocenters. The van der Waals surface area contributed by atoms with Crippen molar-refractivity contribution in [2.24, 2.45) is 5.92 Å². The molecular weight excluding hydrogens is 292 g/mol. The van der Waals surface area contributed by atoms with Gasteiger partial charge in [-0.15, -0.1) is 0 Å². The molecule has 0 aromatic heterocycles. The Kier molecular flexibility index (Phi) is 5.74. The van der Waals surface area contributed by atoms with Crippen LogP contribution in [-0.2, 0) is 14.8 Å². The summed E-state index contributed by atoms with van der Waals surface area (Å²) < 4.78 is 32.6. The van der Waals surface area contributed by atoms with Crippen LogP contribution in [0.5, 0.6) is 5.75 Å². The van der Waals surface area contributed by atoms with Crippen molar-refractivity contribution in [3.63, 3.8) is 0 Å². The monoisotopic (exact) mass is 314 g/mol. The molecule has 0 spiro atoms. The van der Waals surface area contributed by atoms with Crippen LogP contribution in [0, 0.1) is 12.8 Å². The quantitative estimate of drug-likeness (QED) is 0.822. The molecule has 1 amide bonds. The molecule has 1 aromatic carbocycles. The fourth-order valence-corrected chi connectivity index (χ4v) is 3.47. The lowest BCUT2D eigenvalue weighted by Crippen LogP contribution is -2.48. The zero-order valence-electron chi connectivity index (χ0n) is 12.9. The minimum Gasteiger partial charge on any atom is -0.495 e. The van der Waals surface area contributed by atoms with E-state index in [2.05, 4.69) is 10.0 Å². The van der Waals surface area contributed by atoms with Crippen LogP contribution in [-0.4, -0.2) is 34.5 Å². The molecule has 118 valence electrons. The Hall–Kier alpha value is -1.60. The van der Waals surface area contributed by atoms with Crippen molar-refractivity contribution in [1.82, 2.24) is 10.0 Å². The maximum atomic E-state index is 12.5. The normalized spacial score (nSPS) is 13.0. The van der Waals surface area contributed by atoms with Crippen LogP contribution in [0.3, 0.4) is 0 Å². The number of sulfonamides is 1. The number of benzene rings is 1. The van der Waals surface area contributed by atoms with E-state index < -0.39 is 16.1 Å². The second-order valence-corrected chi connectivity index (χ2v) is 6.79. The zero-order chi connectivity index (χ0) is 16.2. The van der Waals surface area contributed by atoms with Gasteiger partial charge >= 0.3 is 0 Å². The zero-order valence-corrected chi connectivity index (χ0v) is 13.7. The average molecular weight is 314 g/mol. The molecule has 6 nitrogen and oxygen atoms in total. The molecule has 0 bridgehead atoms. The van der Waals surface area contributed by atoms with Crippen molar-refractivity contribution >= 4 is 15.9 Å². The number of hydrogen-bond donors (Lipinski definition) is 2. The highest BCUT2D eigenvalue weighted by atomic mass is 32.2. The number of likely N-dealkylation sites (N-methyl/N-ethyl adjacent to an activating group) is 1. The van der Waals surface area contributed by atoms with Crippen LogP contribution in [0.4, 0.5) is 0 Å². The molecule has 0 saturated heterocycles. The molecule has 21 heavy (non-hydrogen) atoms. The summed E-state index contributed by atoms with van der Waals surface area (Å²) in [5.74, 6) is -0.316. The van der Waals surface area contributed by atoms with E-state index in [1.165, 1.54) is 20.2 Å². The Morgan fingerprint density at radius 2 is 1.90 bits per heavy atom. The smallest absolute Gasteiger partial charge is 0.244 e. The third-order valence-corrected chi connectivity index (χ3v) is 4.55. The fourth-order valence-electron chi connectivity index (χ4n) is 1.87. The highest BCUT2D eigenvalue weighted by molar-refractivity contribution is 7.89. The molecule has 1 aromatic rings. The topological polar surface area (TPSA) is 84.5 Å². The molecular formula is C14H22N2O4S. The van der Waals surface area contributed by atoms with Gasteiger partial charge in [0.15, 0.2) is 0 Å². The summed E-state index contributed by atoms with van der Waals surface area (Å²) >= 11 is 0. The molecule has 0 aliphatic heterocycles. The summed E-state index contributed by atoms with van der Waals surface area (Å²) in [5.41, 5.74) is 0.789. The first-order valence-corrected chi connectivity index (χ1v) is 8.09. The van der Waals surface area contributed by atoms with E-state index >= 15 is 0 Å². The van der Waals surface area contributed by atoms with Crippen LogP contribution in [0.1, 0.15) is 19.4 Å². The molecule has 0 aliphatic rings.